The number of ether oxygens (including phenoxy) is 1. The molecule has 6 heteroatoms. The minimum absolute atomic E-state index is 0. The number of nitrogens with zero attached hydrogens (tertiary/aromatic N) is 1. The predicted octanol–water partition coefficient (Wildman–Crippen LogP) is 2.47. The van der Waals surface area contributed by atoms with Crippen molar-refractivity contribution in [3.05, 3.63) is 0 Å². The summed E-state index contributed by atoms with van der Waals surface area (Å²) in [4.78, 5) is 24.8. The van der Waals surface area contributed by atoms with Crippen molar-refractivity contribution >= 4 is 24.3 Å². The molecule has 0 aromatic rings. The highest BCUT2D eigenvalue weighted by Gasteiger charge is 2.33. The van der Waals surface area contributed by atoms with E-state index < -0.39 is 18.0 Å². The lowest BCUT2D eigenvalue weighted by molar-refractivity contribution is -0.146. The maximum Gasteiger partial charge on any atom is 0.308 e. The molecule has 1 amide bonds. The molecule has 5 nitrogen and oxygen atoms in total. The summed E-state index contributed by atoms with van der Waals surface area (Å²) in [5.41, 5.74) is 0. The van der Waals surface area contributed by atoms with Gasteiger partial charge in [0, 0.05) is 13.1 Å². The average Bonchev–Trinajstić information content (AvgIpc) is 2.78. The van der Waals surface area contributed by atoms with E-state index in [9.17, 15) is 9.59 Å². The standard InChI is InChI=1S/C15H25NO4.ClH/c1-11(20-13-6-4-2-3-5-7-13)14(17)16-9-8-12(10-16)15(18)19;/h11-13H,2-10H2,1H3,(H,18,19);1H. The van der Waals surface area contributed by atoms with Gasteiger partial charge in [-0.15, -0.1) is 12.4 Å². The fourth-order valence-electron chi connectivity index (χ4n) is 3.14. The summed E-state index contributed by atoms with van der Waals surface area (Å²) >= 11 is 0. The van der Waals surface area contributed by atoms with Gasteiger partial charge in [-0.3, -0.25) is 9.59 Å². The second kappa shape index (κ2) is 8.59. The number of carboxylic acid groups (broad SMARTS) is 1. The highest BCUT2D eigenvalue weighted by atomic mass is 35.5. The highest BCUT2D eigenvalue weighted by molar-refractivity contribution is 5.85. The number of hydrogen-bond acceptors (Lipinski definition) is 3. The van der Waals surface area contributed by atoms with Gasteiger partial charge in [0.05, 0.1) is 12.0 Å². The van der Waals surface area contributed by atoms with Crippen LogP contribution in [0.25, 0.3) is 0 Å². The van der Waals surface area contributed by atoms with Crippen LogP contribution in [-0.4, -0.2) is 47.2 Å². The normalized spacial score (nSPS) is 25.0. The zero-order valence-electron chi connectivity index (χ0n) is 12.6. The molecule has 0 radical (unpaired) electrons. The van der Waals surface area contributed by atoms with Gasteiger partial charge >= 0.3 is 5.97 Å². The molecule has 2 aliphatic rings. The van der Waals surface area contributed by atoms with Crippen molar-refractivity contribution in [2.75, 3.05) is 13.1 Å². The molecular formula is C15H26ClNO4. The first-order valence-corrected chi connectivity index (χ1v) is 7.75. The molecule has 1 saturated heterocycles. The van der Waals surface area contributed by atoms with Crippen molar-refractivity contribution in [3.8, 4) is 0 Å². The van der Waals surface area contributed by atoms with Crippen LogP contribution in [0, 0.1) is 5.92 Å². The summed E-state index contributed by atoms with van der Waals surface area (Å²) < 4.78 is 5.90. The summed E-state index contributed by atoms with van der Waals surface area (Å²) in [5, 5.41) is 8.97. The third-order valence-electron chi connectivity index (χ3n) is 4.40. The summed E-state index contributed by atoms with van der Waals surface area (Å²) in [6.07, 6.45) is 7.23. The van der Waals surface area contributed by atoms with Crippen LogP contribution in [0.15, 0.2) is 0 Å². The molecule has 0 bridgehead atoms. The minimum atomic E-state index is -0.808. The fourth-order valence-corrected chi connectivity index (χ4v) is 3.14. The first-order chi connectivity index (χ1) is 9.58. The Kier molecular flexibility index (Phi) is 7.46. The average molecular weight is 320 g/mol. The second-order valence-corrected chi connectivity index (χ2v) is 6.00. The van der Waals surface area contributed by atoms with Crippen molar-refractivity contribution in [1.29, 1.82) is 0 Å². The van der Waals surface area contributed by atoms with Gasteiger partial charge < -0.3 is 14.7 Å². The van der Waals surface area contributed by atoms with E-state index in [1.807, 2.05) is 0 Å². The molecule has 1 heterocycles. The van der Waals surface area contributed by atoms with Crippen LogP contribution in [0.1, 0.15) is 51.9 Å². The lowest BCUT2D eigenvalue weighted by atomic mass is 10.1. The third kappa shape index (κ3) is 5.15. The zero-order valence-corrected chi connectivity index (χ0v) is 13.4. The van der Waals surface area contributed by atoms with Crippen LogP contribution in [0.3, 0.4) is 0 Å². The van der Waals surface area contributed by atoms with Crippen molar-refractivity contribution < 1.29 is 19.4 Å². The van der Waals surface area contributed by atoms with E-state index in [2.05, 4.69) is 0 Å². The first-order valence-electron chi connectivity index (χ1n) is 7.75. The molecule has 0 spiro atoms. The number of rotatable bonds is 4. The number of aliphatic carboxylic acids is 1. The monoisotopic (exact) mass is 319 g/mol. The molecule has 2 fully saturated rings. The Balaban J connectivity index is 0.00000220. The molecule has 1 aliphatic carbocycles. The molecule has 1 aliphatic heterocycles. The molecule has 2 unspecified atom stereocenters. The molecule has 122 valence electrons. The van der Waals surface area contributed by atoms with Gasteiger partial charge in [-0.05, 0) is 26.2 Å². The molecule has 2 atom stereocenters. The summed E-state index contributed by atoms with van der Waals surface area (Å²) in [5.74, 6) is -1.28. The Bertz CT molecular complexity index is 356. The quantitative estimate of drug-likeness (QED) is 0.808. The topological polar surface area (TPSA) is 66.8 Å². The van der Waals surface area contributed by atoms with Gasteiger partial charge in [-0.2, -0.15) is 0 Å². The van der Waals surface area contributed by atoms with Crippen LogP contribution in [0.2, 0.25) is 0 Å². The number of carboxylic acids is 1. The van der Waals surface area contributed by atoms with Gasteiger partial charge in [-0.25, -0.2) is 0 Å². The van der Waals surface area contributed by atoms with Gasteiger partial charge in [0.2, 0.25) is 0 Å². The van der Waals surface area contributed by atoms with Crippen LogP contribution in [0.4, 0.5) is 0 Å². The Morgan fingerprint density at radius 1 is 1.14 bits per heavy atom. The largest absolute Gasteiger partial charge is 0.481 e. The van der Waals surface area contributed by atoms with Crippen molar-refractivity contribution in [1.82, 2.24) is 4.90 Å². The fraction of sp³-hybridized carbons (Fsp3) is 0.867. The predicted molar refractivity (Wildman–Crippen MR) is 81.6 cm³/mol. The van der Waals surface area contributed by atoms with E-state index in [4.69, 9.17) is 9.84 Å². The van der Waals surface area contributed by atoms with Gasteiger partial charge in [0.15, 0.2) is 0 Å². The maximum atomic E-state index is 12.3. The Hall–Kier alpha value is -0.810. The van der Waals surface area contributed by atoms with E-state index in [0.717, 1.165) is 12.8 Å². The number of hydrogen-bond donors (Lipinski definition) is 1. The molecule has 0 aromatic heterocycles. The Morgan fingerprint density at radius 2 is 1.76 bits per heavy atom. The lowest BCUT2D eigenvalue weighted by Crippen LogP contribution is -2.39. The van der Waals surface area contributed by atoms with Gasteiger partial charge in [-0.1, -0.05) is 25.7 Å². The van der Waals surface area contributed by atoms with E-state index in [-0.39, 0.29) is 24.4 Å². The molecule has 0 aromatic carbocycles. The third-order valence-corrected chi connectivity index (χ3v) is 4.40. The van der Waals surface area contributed by atoms with Crippen molar-refractivity contribution in [3.63, 3.8) is 0 Å². The minimum Gasteiger partial charge on any atom is -0.481 e. The van der Waals surface area contributed by atoms with E-state index in [1.54, 1.807) is 11.8 Å². The Labute approximate surface area is 132 Å². The van der Waals surface area contributed by atoms with Gasteiger partial charge in [0.25, 0.3) is 5.91 Å². The van der Waals surface area contributed by atoms with Crippen molar-refractivity contribution in [2.45, 2.75) is 64.1 Å². The molecule has 1 saturated carbocycles. The van der Waals surface area contributed by atoms with Crippen LogP contribution in [-0.2, 0) is 14.3 Å². The number of carbonyl (C=O) groups is 2. The number of amides is 1. The first kappa shape index (κ1) is 18.2. The van der Waals surface area contributed by atoms with E-state index in [1.165, 1.54) is 25.7 Å². The maximum absolute atomic E-state index is 12.3. The molecule has 2 rings (SSSR count). The SMILES string of the molecule is CC(OC1CCCCCC1)C(=O)N1CCC(C(=O)O)C1.Cl. The summed E-state index contributed by atoms with van der Waals surface area (Å²) in [6.45, 7) is 2.65. The number of halogens is 1. The summed E-state index contributed by atoms with van der Waals surface area (Å²) in [7, 11) is 0. The lowest BCUT2D eigenvalue weighted by Gasteiger charge is -2.24. The number of carbonyl (C=O) groups excluding carboxylic acids is 1. The van der Waals surface area contributed by atoms with Crippen LogP contribution in [0.5, 0.6) is 0 Å². The molecule has 1 N–H and O–H groups in total. The molecule has 21 heavy (non-hydrogen) atoms. The van der Waals surface area contributed by atoms with Crippen molar-refractivity contribution in [2.24, 2.45) is 5.92 Å². The molecular weight excluding hydrogens is 294 g/mol. The van der Waals surface area contributed by atoms with Crippen LogP contribution < -0.4 is 0 Å². The number of likely N-dealkylation sites (tertiary alicyclic amines) is 1. The smallest absolute Gasteiger partial charge is 0.308 e. The van der Waals surface area contributed by atoms with E-state index in [0.29, 0.717) is 19.5 Å². The second-order valence-electron chi connectivity index (χ2n) is 6.00. The zero-order chi connectivity index (χ0) is 14.5. The van der Waals surface area contributed by atoms with Gasteiger partial charge in [0.1, 0.15) is 6.10 Å². The van der Waals surface area contributed by atoms with E-state index >= 15 is 0 Å². The van der Waals surface area contributed by atoms with Crippen LogP contribution >= 0.6 is 12.4 Å². The Morgan fingerprint density at radius 3 is 2.29 bits per heavy atom. The summed E-state index contributed by atoms with van der Waals surface area (Å²) in [6, 6.07) is 0. The highest BCUT2D eigenvalue weighted by Crippen LogP contribution is 2.23.